The van der Waals surface area contributed by atoms with Crippen molar-refractivity contribution in [1.29, 1.82) is 0 Å². The number of H-pyrrole nitrogens is 1. The third-order valence-corrected chi connectivity index (χ3v) is 3.53. The lowest BCUT2D eigenvalue weighted by Gasteiger charge is -2.22. The molecule has 0 aliphatic carbocycles. The number of carbonyl (C=O) groups excluding carboxylic acids is 1. The molecule has 0 radical (unpaired) electrons. The van der Waals surface area contributed by atoms with Gasteiger partial charge in [0, 0.05) is 23.1 Å². The normalized spacial score (nSPS) is 16.4. The molecule has 1 aromatic heterocycles. The summed E-state index contributed by atoms with van der Waals surface area (Å²) in [6.45, 7) is 0.690. The van der Waals surface area contributed by atoms with Crippen LogP contribution in [0.5, 0.6) is 5.75 Å². The largest absolute Gasteiger partial charge is 0.497 e. The van der Waals surface area contributed by atoms with Crippen molar-refractivity contribution in [3.05, 3.63) is 29.5 Å². The van der Waals surface area contributed by atoms with E-state index in [1.807, 2.05) is 18.2 Å². The molecular formula is C13H18ClN3O4. The van der Waals surface area contributed by atoms with Crippen LogP contribution in [0, 0.1) is 0 Å². The van der Waals surface area contributed by atoms with Gasteiger partial charge in [-0.3, -0.25) is 10.0 Å². The molecule has 7 nitrogen and oxygen atoms in total. The van der Waals surface area contributed by atoms with Crippen molar-refractivity contribution in [2.24, 2.45) is 0 Å². The van der Waals surface area contributed by atoms with Crippen LogP contribution < -0.4 is 15.5 Å². The number of fused-ring (bicyclic) bond motifs is 3. The van der Waals surface area contributed by atoms with Crippen LogP contribution in [0.2, 0.25) is 0 Å². The van der Waals surface area contributed by atoms with E-state index in [4.69, 9.17) is 9.94 Å². The molecule has 0 fully saturated rings. The summed E-state index contributed by atoms with van der Waals surface area (Å²) in [6.07, 6.45) is 0.831. The summed E-state index contributed by atoms with van der Waals surface area (Å²) in [5.74, 6) is 0.329. The Morgan fingerprint density at radius 1 is 1.48 bits per heavy atom. The van der Waals surface area contributed by atoms with Crippen molar-refractivity contribution < 1.29 is 20.2 Å². The van der Waals surface area contributed by atoms with Gasteiger partial charge < -0.3 is 20.5 Å². The van der Waals surface area contributed by atoms with Gasteiger partial charge in [0.25, 0.3) is 5.91 Å². The molecule has 0 saturated carbocycles. The molecule has 21 heavy (non-hydrogen) atoms. The van der Waals surface area contributed by atoms with Gasteiger partial charge >= 0.3 is 0 Å². The van der Waals surface area contributed by atoms with E-state index < -0.39 is 11.9 Å². The van der Waals surface area contributed by atoms with E-state index in [1.165, 1.54) is 0 Å². The van der Waals surface area contributed by atoms with Crippen LogP contribution in [-0.4, -0.2) is 35.2 Å². The van der Waals surface area contributed by atoms with Gasteiger partial charge in [0.1, 0.15) is 11.8 Å². The van der Waals surface area contributed by atoms with Crippen molar-refractivity contribution in [1.82, 2.24) is 15.8 Å². The monoisotopic (exact) mass is 315 g/mol. The Hall–Kier alpha value is -1.80. The van der Waals surface area contributed by atoms with Gasteiger partial charge in [-0.1, -0.05) is 0 Å². The minimum absolute atomic E-state index is 0. The third-order valence-electron chi connectivity index (χ3n) is 3.53. The summed E-state index contributed by atoms with van der Waals surface area (Å²) in [7, 11) is 1.63. The number of ether oxygens (including phenoxy) is 1. The number of amides is 1. The highest BCUT2D eigenvalue weighted by Gasteiger charge is 2.29. The molecule has 6 N–H and O–H groups in total. The van der Waals surface area contributed by atoms with E-state index in [0.29, 0.717) is 6.54 Å². The molecule has 8 heteroatoms. The fourth-order valence-corrected chi connectivity index (χ4v) is 2.62. The van der Waals surface area contributed by atoms with E-state index in [0.717, 1.165) is 34.3 Å². The first-order valence-corrected chi connectivity index (χ1v) is 6.10. The number of hydroxylamine groups is 1. The molecule has 1 unspecified atom stereocenters. The van der Waals surface area contributed by atoms with Crippen LogP contribution in [0.1, 0.15) is 17.3 Å². The quantitative estimate of drug-likeness (QED) is 0.476. The number of hydrogen-bond donors (Lipinski definition) is 4. The lowest BCUT2D eigenvalue weighted by atomic mass is 9.99. The summed E-state index contributed by atoms with van der Waals surface area (Å²) < 4.78 is 5.23. The molecule has 0 bridgehead atoms. The molecule has 1 aliphatic heterocycles. The number of aromatic nitrogens is 1. The van der Waals surface area contributed by atoms with E-state index in [9.17, 15) is 4.79 Å². The molecule has 1 aromatic carbocycles. The Morgan fingerprint density at radius 2 is 2.24 bits per heavy atom. The fraction of sp³-hybridized carbons (Fsp3) is 0.308. The van der Waals surface area contributed by atoms with Gasteiger partial charge in [-0.2, -0.15) is 0 Å². The van der Waals surface area contributed by atoms with Crippen LogP contribution >= 0.6 is 12.4 Å². The van der Waals surface area contributed by atoms with E-state index in [-0.39, 0.29) is 17.9 Å². The number of rotatable bonds is 2. The Labute approximate surface area is 127 Å². The predicted molar refractivity (Wildman–Crippen MR) is 80.1 cm³/mol. The van der Waals surface area contributed by atoms with Crippen LogP contribution in [0.3, 0.4) is 0 Å². The Morgan fingerprint density at radius 3 is 2.90 bits per heavy atom. The number of benzene rings is 1. The zero-order valence-electron chi connectivity index (χ0n) is 11.4. The highest BCUT2D eigenvalue weighted by atomic mass is 35.5. The lowest BCUT2D eigenvalue weighted by molar-refractivity contribution is -0.131. The standard InChI is InChI=1S/C13H15N3O3.ClH.H2O/c1-19-7-2-3-10-9(6-7)8-4-5-14-12(11(8)15-10)13(17)16-18;;/h2-3,6,12,14-15,18H,4-5H2,1H3,(H,16,17);1H;1H2. The maximum absolute atomic E-state index is 11.7. The molecule has 116 valence electrons. The van der Waals surface area contributed by atoms with Crippen molar-refractivity contribution in [3.63, 3.8) is 0 Å². The molecule has 1 amide bonds. The highest BCUT2D eigenvalue weighted by Crippen LogP contribution is 2.32. The highest BCUT2D eigenvalue weighted by molar-refractivity contribution is 5.90. The summed E-state index contributed by atoms with van der Waals surface area (Å²) in [4.78, 5) is 14.9. The van der Waals surface area contributed by atoms with Crippen molar-refractivity contribution in [2.45, 2.75) is 12.5 Å². The van der Waals surface area contributed by atoms with Crippen molar-refractivity contribution >= 4 is 29.2 Å². The van der Waals surface area contributed by atoms with Crippen LogP contribution in [0.4, 0.5) is 0 Å². The summed E-state index contributed by atoms with van der Waals surface area (Å²) in [5.41, 5.74) is 4.56. The Bertz CT molecular complexity index is 644. The lowest BCUT2D eigenvalue weighted by Crippen LogP contribution is -2.40. The molecule has 1 atom stereocenters. The number of halogens is 1. The summed E-state index contributed by atoms with van der Waals surface area (Å²) in [5, 5.41) is 12.9. The van der Waals surface area contributed by atoms with E-state index in [2.05, 4.69) is 10.3 Å². The van der Waals surface area contributed by atoms with Crippen molar-refractivity contribution in [2.75, 3.05) is 13.7 Å². The summed E-state index contributed by atoms with van der Waals surface area (Å²) in [6, 6.07) is 5.22. The zero-order chi connectivity index (χ0) is 13.4. The second-order valence-electron chi connectivity index (χ2n) is 4.54. The van der Waals surface area contributed by atoms with Crippen LogP contribution in [-0.2, 0) is 11.2 Å². The topological polar surface area (TPSA) is 118 Å². The second-order valence-corrected chi connectivity index (χ2v) is 4.54. The van der Waals surface area contributed by atoms with E-state index >= 15 is 0 Å². The third kappa shape index (κ3) is 2.81. The molecule has 0 saturated heterocycles. The second kappa shape index (κ2) is 6.77. The van der Waals surface area contributed by atoms with Gasteiger partial charge in [-0.25, -0.2) is 5.48 Å². The predicted octanol–water partition coefficient (Wildman–Crippen LogP) is 0.466. The van der Waals surface area contributed by atoms with Gasteiger partial charge in [0.2, 0.25) is 0 Å². The SMILES string of the molecule is COc1ccc2[nH]c3c(c2c1)CCNC3C(=O)NO.Cl.O. The summed E-state index contributed by atoms with van der Waals surface area (Å²) >= 11 is 0. The minimum Gasteiger partial charge on any atom is -0.497 e. The molecule has 2 heterocycles. The van der Waals surface area contributed by atoms with Gasteiger partial charge in [0.05, 0.1) is 7.11 Å². The first kappa shape index (κ1) is 17.3. The van der Waals surface area contributed by atoms with Crippen molar-refractivity contribution in [3.8, 4) is 5.75 Å². The number of carbonyl (C=O) groups is 1. The zero-order valence-corrected chi connectivity index (χ0v) is 12.2. The minimum atomic E-state index is -0.549. The average Bonchev–Trinajstić information content (AvgIpc) is 2.83. The number of aromatic amines is 1. The molecular weight excluding hydrogens is 298 g/mol. The fourth-order valence-electron chi connectivity index (χ4n) is 2.62. The first-order valence-electron chi connectivity index (χ1n) is 6.10. The Balaban J connectivity index is 0.00000110. The first-order chi connectivity index (χ1) is 9.24. The van der Waals surface area contributed by atoms with Crippen LogP contribution in [0.25, 0.3) is 10.9 Å². The Kier molecular flexibility index (Phi) is 5.56. The van der Waals surface area contributed by atoms with Crippen LogP contribution in [0.15, 0.2) is 18.2 Å². The maximum atomic E-state index is 11.7. The average molecular weight is 316 g/mol. The van der Waals surface area contributed by atoms with Gasteiger partial charge in [0.15, 0.2) is 0 Å². The number of nitrogens with one attached hydrogen (secondary N) is 3. The smallest absolute Gasteiger partial charge is 0.266 e. The molecule has 1 aliphatic rings. The number of hydrogen-bond acceptors (Lipinski definition) is 4. The molecule has 0 spiro atoms. The van der Waals surface area contributed by atoms with E-state index in [1.54, 1.807) is 12.6 Å². The molecule has 2 aromatic rings. The maximum Gasteiger partial charge on any atom is 0.266 e. The van der Waals surface area contributed by atoms with Gasteiger partial charge in [-0.05, 0) is 30.2 Å². The molecule has 3 rings (SSSR count). The number of methoxy groups -OCH3 is 1. The van der Waals surface area contributed by atoms with Gasteiger partial charge in [-0.15, -0.1) is 12.4 Å².